The number of piperidine rings is 1. The van der Waals surface area contributed by atoms with Crippen molar-refractivity contribution < 1.29 is 14.3 Å². The largest absolute Gasteiger partial charge is 0.491 e. The lowest BCUT2D eigenvalue weighted by molar-refractivity contribution is -0.122. The normalized spacial score (nSPS) is 16.6. The molecule has 0 bridgehead atoms. The highest BCUT2D eigenvalue weighted by Gasteiger charge is 2.24. The average molecular weight is 409 g/mol. The van der Waals surface area contributed by atoms with Crippen LogP contribution in [0.3, 0.4) is 0 Å². The van der Waals surface area contributed by atoms with Crippen molar-refractivity contribution in [3.8, 4) is 5.75 Å². The molecule has 0 spiro atoms. The van der Waals surface area contributed by atoms with Gasteiger partial charge in [-0.05, 0) is 62.6 Å². The smallest absolute Gasteiger partial charge is 0.248 e. The van der Waals surface area contributed by atoms with E-state index in [2.05, 4.69) is 15.2 Å². The summed E-state index contributed by atoms with van der Waals surface area (Å²) in [5.74, 6) is 0.887. The zero-order valence-corrected chi connectivity index (χ0v) is 17.4. The number of nitrogens with one attached hydrogen (secondary N) is 1. The number of nitrogens with zero attached hydrogens (tertiary/aromatic N) is 2. The van der Waals surface area contributed by atoms with Crippen molar-refractivity contribution in [2.45, 2.75) is 32.8 Å². The van der Waals surface area contributed by atoms with Crippen LogP contribution in [-0.4, -0.2) is 36.0 Å². The van der Waals surface area contributed by atoms with Gasteiger partial charge in [-0.2, -0.15) is 0 Å². The fraction of sp³-hybridized carbons (Fsp3) is 0.348. The fourth-order valence-corrected chi connectivity index (χ4v) is 3.38. The van der Waals surface area contributed by atoms with Gasteiger partial charge in [-0.1, -0.05) is 12.1 Å². The van der Waals surface area contributed by atoms with Gasteiger partial charge in [-0.15, -0.1) is 0 Å². The number of rotatable bonds is 7. The molecule has 1 aromatic carbocycles. The van der Waals surface area contributed by atoms with E-state index in [-0.39, 0.29) is 23.8 Å². The zero-order valence-electron chi connectivity index (χ0n) is 17.4. The van der Waals surface area contributed by atoms with Crippen LogP contribution in [0.1, 0.15) is 32.3 Å². The number of hydrogen-bond donors (Lipinski definition) is 2. The second kappa shape index (κ2) is 9.91. The minimum atomic E-state index is -0.267. The summed E-state index contributed by atoms with van der Waals surface area (Å²) in [4.78, 5) is 30.2. The average Bonchev–Trinajstić information content (AvgIpc) is 2.73. The van der Waals surface area contributed by atoms with Gasteiger partial charge in [0.25, 0.3) is 0 Å². The number of nitrogens with two attached hydrogens (primary N) is 1. The van der Waals surface area contributed by atoms with E-state index in [1.54, 1.807) is 18.3 Å². The number of aromatic nitrogens is 1. The van der Waals surface area contributed by atoms with E-state index in [0.717, 1.165) is 36.5 Å². The SMILES string of the molecule is CC(C)Oc1cccc(/C=C/C(=O)Nc2ccc(N3CCCC(C(N)=O)C3)nc2)c1. The first-order valence-corrected chi connectivity index (χ1v) is 10.2. The van der Waals surface area contributed by atoms with Gasteiger partial charge in [0.2, 0.25) is 11.8 Å². The Bertz CT molecular complexity index is 909. The quantitative estimate of drug-likeness (QED) is 0.686. The Morgan fingerprint density at radius 1 is 1.30 bits per heavy atom. The molecule has 158 valence electrons. The molecule has 1 atom stereocenters. The van der Waals surface area contributed by atoms with Gasteiger partial charge < -0.3 is 20.7 Å². The topological polar surface area (TPSA) is 97.5 Å². The second-order valence-corrected chi connectivity index (χ2v) is 7.65. The molecule has 0 aliphatic carbocycles. The molecule has 3 rings (SSSR count). The van der Waals surface area contributed by atoms with Crippen LogP contribution in [0, 0.1) is 5.92 Å². The summed E-state index contributed by atoms with van der Waals surface area (Å²) in [5, 5.41) is 2.80. The van der Waals surface area contributed by atoms with E-state index in [9.17, 15) is 9.59 Å². The van der Waals surface area contributed by atoms with E-state index < -0.39 is 0 Å². The van der Waals surface area contributed by atoms with Crippen LogP contribution < -0.4 is 20.7 Å². The lowest BCUT2D eigenvalue weighted by Gasteiger charge is -2.32. The van der Waals surface area contributed by atoms with E-state index in [1.165, 1.54) is 6.08 Å². The Balaban J connectivity index is 1.57. The Hall–Kier alpha value is -3.35. The van der Waals surface area contributed by atoms with Crippen molar-refractivity contribution in [2.75, 3.05) is 23.3 Å². The van der Waals surface area contributed by atoms with Gasteiger partial charge in [-0.25, -0.2) is 4.98 Å². The summed E-state index contributed by atoms with van der Waals surface area (Å²) in [6.45, 7) is 5.36. The molecule has 1 aliphatic heterocycles. The number of anilines is 2. The Morgan fingerprint density at radius 2 is 2.13 bits per heavy atom. The van der Waals surface area contributed by atoms with Crippen molar-refractivity contribution in [3.63, 3.8) is 0 Å². The van der Waals surface area contributed by atoms with E-state index in [1.807, 2.05) is 44.2 Å². The first kappa shape index (κ1) is 21.4. The minimum absolute atomic E-state index is 0.0922. The van der Waals surface area contributed by atoms with Crippen LogP contribution >= 0.6 is 0 Å². The molecule has 1 unspecified atom stereocenters. The molecular formula is C23H28N4O3. The summed E-state index contributed by atoms with van der Waals surface area (Å²) < 4.78 is 5.67. The molecule has 7 nitrogen and oxygen atoms in total. The van der Waals surface area contributed by atoms with E-state index in [4.69, 9.17) is 10.5 Å². The highest BCUT2D eigenvalue weighted by Crippen LogP contribution is 2.22. The Labute approximate surface area is 176 Å². The maximum Gasteiger partial charge on any atom is 0.248 e. The van der Waals surface area contributed by atoms with Gasteiger partial charge in [0, 0.05) is 19.2 Å². The summed E-state index contributed by atoms with van der Waals surface area (Å²) >= 11 is 0. The lowest BCUT2D eigenvalue weighted by atomic mass is 9.97. The number of benzene rings is 1. The summed E-state index contributed by atoms with van der Waals surface area (Å²) in [6.07, 6.45) is 6.65. The maximum atomic E-state index is 12.2. The van der Waals surface area contributed by atoms with Gasteiger partial charge in [-0.3, -0.25) is 9.59 Å². The van der Waals surface area contributed by atoms with E-state index in [0.29, 0.717) is 12.2 Å². The highest BCUT2D eigenvalue weighted by atomic mass is 16.5. The molecule has 1 saturated heterocycles. The summed E-state index contributed by atoms with van der Waals surface area (Å²) in [6, 6.07) is 11.2. The molecule has 0 radical (unpaired) electrons. The van der Waals surface area contributed by atoms with Crippen molar-refractivity contribution in [3.05, 3.63) is 54.2 Å². The van der Waals surface area contributed by atoms with Gasteiger partial charge in [0.05, 0.1) is 23.9 Å². The summed E-state index contributed by atoms with van der Waals surface area (Å²) in [5.41, 5.74) is 6.93. The van der Waals surface area contributed by atoms with Crippen LogP contribution in [0.4, 0.5) is 11.5 Å². The molecule has 0 saturated carbocycles. The first-order valence-electron chi connectivity index (χ1n) is 10.2. The van der Waals surface area contributed by atoms with Gasteiger partial charge >= 0.3 is 0 Å². The van der Waals surface area contributed by atoms with Crippen molar-refractivity contribution in [2.24, 2.45) is 11.7 Å². The minimum Gasteiger partial charge on any atom is -0.491 e. The molecule has 1 fully saturated rings. The first-order chi connectivity index (χ1) is 14.4. The van der Waals surface area contributed by atoms with Gasteiger partial charge in [0.15, 0.2) is 0 Å². The molecule has 2 amide bonds. The summed E-state index contributed by atoms with van der Waals surface area (Å²) in [7, 11) is 0. The maximum absolute atomic E-state index is 12.2. The lowest BCUT2D eigenvalue weighted by Crippen LogP contribution is -2.41. The van der Waals surface area contributed by atoms with Crippen LogP contribution in [0.15, 0.2) is 48.7 Å². The van der Waals surface area contributed by atoms with Crippen LogP contribution in [0.2, 0.25) is 0 Å². The monoisotopic (exact) mass is 408 g/mol. The number of carbonyl (C=O) groups excluding carboxylic acids is 2. The Morgan fingerprint density at radius 3 is 2.83 bits per heavy atom. The molecule has 1 aliphatic rings. The number of pyridine rings is 1. The molecule has 2 heterocycles. The third-order valence-corrected chi connectivity index (χ3v) is 4.82. The third-order valence-electron chi connectivity index (χ3n) is 4.82. The van der Waals surface area contributed by atoms with Crippen LogP contribution in [0.5, 0.6) is 5.75 Å². The third kappa shape index (κ3) is 6.07. The van der Waals surface area contributed by atoms with Crippen molar-refractivity contribution in [1.82, 2.24) is 4.98 Å². The molecule has 7 heteroatoms. The number of amides is 2. The molecule has 3 N–H and O–H groups in total. The number of ether oxygens (including phenoxy) is 1. The second-order valence-electron chi connectivity index (χ2n) is 7.65. The molecule has 1 aromatic heterocycles. The fourth-order valence-electron chi connectivity index (χ4n) is 3.38. The number of carbonyl (C=O) groups is 2. The standard InChI is InChI=1S/C23H28N4O3/c1-16(2)30-20-7-3-5-17(13-20)8-11-22(28)26-19-9-10-21(25-14-19)27-12-4-6-18(15-27)23(24)29/h3,5,7-11,13-14,16,18H,4,6,12,15H2,1-2H3,(H2,24,29)(H,26,28)/b11-8+. The number of hydrogen-bond acceptors (Lipinski definition) is 5. The Kier molecular flexibility index (Phi) is 7.06. The van der Waals surface area contributed by atoms with Gasteiger partial charge in [0.1, 0.15) is 11.6 Å². The number of primary amides is 1. The highest BCUT2D eigenvalue weighted by molar-refractivity contribution is 6.01. The predicted molar refractivity (Wildman–Crippen MR) is 118 cm³/mol. The van der Waals surface area contributed by atoms with Crippen LogP contribution in [0.25, 0.3) is 6.08 Å². The van der Waals surface area contributed by atoms with E-state index >= 15 is 0 Å². The molecule has 30 heavy (non-hydrogen) atoms. The van der Waals surface area contributed by atoms with Crippen molar-refractivity contribution >= 4 is 29.4 Å². The van der Waals surface area contributed by atoms with Crippen LogP contribution in [-0.2, 0) is 9.59 Å². The predicted octanol–water partition coefficient (Wildman–Crippen LogP) is 3.22. The molecular weight excluding hydrogens is 380 g/mol. The zero-order chi connectivity index (χ0) is 21.5. The molecule has 2 aromatic rings. The van der Waals surface area contributed by atoms with Crippen molar-refractivity contribution in [1.29, 1.82) is 0 Å².